The summed E-state index contributed by atoms with van der Waals surface area (Å²) in [6.07, 6.45) is 1.25. The molecule has 1 aromatic heterocycles. The highest BCUT2D eigenvalue weighted by atomic mass is 79.9. The average molecular weight is 219 g/mol. The minimum atomic E-state index is -0.441. The fourth-order valence-corrected chi connectivity index (χ4v) is 1.27. The number of nitrogens with zero attached hydrogens (tertiary/aromatic N) is 2. The maximum Gasteiger partial charge on any atom is 0.0919 e. The number of alkyl halides is 1. The van der Waals surface area contributed by atoms with Crippen LogP contribution in [0.5, 0.6) is 0 Å². The van der Waals surface area contributed by atoms with Gasteiger partial charge in [-0.3, -0.25) is 4.68 Å². The van der Waals surface area contributed by atoms with Crippen LogP contribution >= 0.6 is 15.9 Å². The first-order chi connectivity index (χ1) is 5.16. The molecule has 1 N–H and O–H groups in total. The molecular formula is C7H11BrN2O. The van der Waals surface area contributed by atoms with Gasteiger partial charge in [-0.15, -0.1) is 0 Å². The van der Waals surface area contributed by atoms with Gasteiger partial charge in [-0.05, 0) is 6.92 Å². The molecule has 1 aromatic rings. The summed E-state index contributed by atoms with van der Waals surface area (Å²) in [7, 11) is 1.86. The third-order valence-electron chi connectivity index (χ3n) is 1.78. The quantitative estimate of drug-likeness (QED) is 0.758. The number of hydrogen-bond acceptors (Lipinski definition) is 2. The molecule has 0 saturated heterocycles. The third-order valence-corrected chi connectivity index (χ3v) is 2.39. The molecule has 1 heterocycles. The van der Waals surface area contributed by atoms with Crippen LogP contribution in [0.3, 0.4) is 0 Å². The number of aliphatic hydroxyl groups is 1. The van der Waals surface area contributed by atoms with Crippen LogP contribution in [0, 0.1) is 6.92 Å². The maximum atomic E-state index is 9.42. The number of aromatic nitrogens is 2. The lowest BCUT2D eigenvalue weighted by Crippen LogP contribution is -2.00. The Hall–Kier alpha value is -0.350. The van der Waals surface area contributed by atoms with E-state index in [1.165, 1.54) is 0 Å². The molecule has 3 nitrogen and oxygen atoms in total. The summed E-state index contributed by atoms with van der Waals surface area (Å²) < 4.78 is 1.75. The van der Waals surface area contributed by atoms with E-state index in [4.69, 9.17) is 0 Å². The fourth-order valence-electron chi connectivity index (χ4n) is 0.926. The van der Waals surface area contributed by atoms with Gasteiger partial charge in [0.05, 0.1) is 12.3 Å². The van der Waals surface area contributed by atoms with Crippen molar-refractivity contribution >= 4 is 15.9 Å². The smallest absolute Gasteiger partial charge is 0.0919 e. The summed E-state index contributed by atoms with van der Waals surface area (Å²) in [6, 6.07) is 0. The highest BCUT2D eigenvalue weighted by Gasteiger charge is 2.11. The van der Waals surface area contributed by atoms with E-state index in [1.54, 1.807) is 10.9 Å². The molecule has 11 heavy (non-hydrogen) atoms. The van der Waals surface area contributed by atoms with Crippen molar-refractivity contribution in [3.63, 3.8) is 0 Å². The highest BCUT2D eigenvalue weighted by molar-refractivity contribution is 9.09. The van der Waals surface area contributed by atoms with Crippen molar-refractivity contribution in [1.82, 2.24) is 9.78 Å². The summed E-state index contributed by atoms with van der Waals surface area (Å²) >= 11 is 3.21. The molecule has 0 amide bonds. The maximum absolute atomic E-state index is 9.42. The summed E-state index contributed by atoms with van der Waals surface area (Å²) in [5.74, 6) is 0. The van der Waals surface area contributed by atoms with E-state index in [9.17, 15) is 5.11 Å². The van der Waals surface area contributed by atoms with E-state index in [-0.39, 0.29) is 0 Å². The van der Waals surface area contributed by atoms with Crippen molar-refractivity contribution in [2.75, 3.05) is 5.33 Å². The molecule has 1 atom stereocenters. The van der Waals surface area contributed by atoms with Crippen molar-refractivity contribution in [2.45, 2.75) is 13.0 Å². The van der Waals surface area contributed by atoms with Crippen LogP contribution in [0.2, 0.25) is 0 Å². The minimum Gasteiger partial charge on any atom is -0.387 e. The van der Waals surface area contributed by atoms with Gasteiger partial charge in [0.15, 0.2) is 0 Å². The topological polar surface area (TPSA) is 38.1 Å². The molecule has 0 aliphatic rings. The van der Waals surface area contributed by atoms with Gasteiger partial charge < -0.3 is 5.11 Å². The first kappa shape index (κ1) is 8.74. The Morgan fingerprint density at radius 3 is 2.82 bits per heavy atom. The molecule has 0 bridgehead atoms. The lowest BCUT2D eigenvalue weighted by Gasteiger charge is -2.04. The van der Waals surface area contributed by atoms with Crippen LogP contribution in [0.25, 0.3) is 0 Å². The number of aryl methyl sites for hydroxylation is 1. The lowest BCUT2D eigenvalue weighted by atomic mass is 10.2. The molecule has 4 heteroatoms. The van der Waals surface area contributed by atoms with Gasteiger partial charge in [-0.1, -0.05) is 15.9 Å². The predicted molar refractivity (Wildman–Crippen MR) is 46.7 cm³/mol. The molecule has 0 aromatic carbocycles. The van der Waals surface area contributed by atoms with E-state index < -0.39 is 6.10 Å². The lowest BCUT2D eigenvalue weighted by molar-refractivity contribution is 0.204. The molecule has 0 aliphatic carbocycles. The Kier molecular flexibility index (Phi) is 2.67. The molecule has 0 spiro atoms. The van der Waals surface area contributed by atoms with Crippen LogP contribution < -0.4 is 0 Å². The van der Waals surface area contributed by atoms with Crippen molar-refractivity contribution < 1.29 is 5.11 Å². The molecular weight excluding hydrogens is 208 g/mol. The Morgan fingerprint density at radius 1 is 1.82 bits per heavy atom. The second-order valence-corrected chi connectivity index (χ2v) is 3.13. The van der Waals surface area contributed by atoms with Gasteiger partial charge in [0.25, 0.3) is 0 Å². The number of hydrogen-bond donors (Lipinski definition) is 1. The number of rotatable bonds is 2. The Balaban J connectivity index is 2.94. The zero-order valence-electron chi connectivity index (χ0n) is 6.58. The second-order valence-electron chi connectivity index (χ2n) is 2.48. The summed E-state index contributed by atoms with van der Waals surface area (Å²) in [5.41, 5.74) is 1.90. The van der Waals surface area contributed by atoms with E-state index >= 15 is 0 Å². The van der Waals surface area contributed by atoms with E-state index in [2.05, 4.69) is 21.0 Å². The fraction of sp³-hybridized carbons (Fsp3) is 0.571. The minimum absolute atomic E-state index is 0.441. The highest BCUT2D eigenvalue weighted by Crippen LogP contribution is 2.17. The van der Waals surface area contributed by atoms with E-state index in [0.717, 1.165) is 11.3 Å². The molecule has 0 radical (unpaired) electrons. The second kappa shape index (κ2) is 3.36. The molecule has 0 saturated carbocycles. The predicted octanol–water partition coefficient (Wildman–Crippen LogP) is 1.16. The SMILES string of the molecule is Cc1c(C(O)CBr)cnn1C. The average Bonchev–Trinajstić information content (AvgIpc) is 2.32. The van der Waals surface area contributed by atoms with Crippen LogP contribution in [0.15, 0.2) is 6.20 Å². The molecule has 1 unspecified atom stereocenters. The van der Waals surface area contributed by atoms with Crippen molar-refractivity contribution in [1.29, 1.82) is 0 Å². The van der Waals surface area contributed by atoms with Gasteiger partial charge in [-0.2, -0.15) is 5.10 Å². The van der Waals surface area contributed by atoms with E-state index in [0.29, 0.717) is 5.33 Å². The summed E-state index contributed by atoms with van der Waals surface area (Å²) in [4.78, 5) is 0. The van der Waals surface area contributed by atoms with Crippen molar-refractivity contribution in [3.8, 4) is 0 Å². The Labute approximate surface area is 74.2 Å². The number of halogens is 1. The molecule has 1 rings (SSSR count). The van der Waals surface area contributed by atoms with Gasteiger partial charge in [0, 0.05) is 23.6 Å². The summed E-state index contributed by atoms with van der Waals surface area (Å²) in [5, 5.41) is 14.0. The molecule has 0 fully saturated rings. The van der Waals surface area contributed by atoms with E-state index in [1.807, 2.05) is 14.0 Å². The van der Waals surface area contributed by atoms with Crippen LogP contribution in [0.1, 0.15) is 17.4 Å². The third kappa shape index (κ3) is 1.62. The first-order valence-corrected chi connectivity index (χ1v) is 4.51. The van der Waals surface area contributed by atoms with Crippen molar-refractivity contribution in [3.05, 3.63) is 17.5 Å². The monoisotopic (exact) mass is 218 g/mol. The largest absolute Gasteiger partial charge is 0.387 e. The van der Waals surface area contributed by atoms with Crippen molar-refractivity contribution in [2.24, 2.45) is 7.05 Å². The zero-order chi connectivity index (χ0) is 8.43. The molecule has 62 valence electrons. The van der Waals surface area contributed by atoms with Crippen LogP contribution in [-0.2, 0) is 7.05 Å². The van der Waals surface area contributed by atoms with Gasteiger partial charge in [0.1, 0.15) is 0 Å². The molecule has 0 aliphatic heterocycles. The first-order valence-electron chi connectivity index (χ1n) is 3.39. The normalized spacial score (nSPS) is 13.5. The Morgan fingerprint density at radius 2 is 2.45 bits per heavy atom. The van der Waals surface area contributed by atoms with Gasteiger partial charge >= 0.3 is 0 Å². The summed E-state index contributed by atoms with van der Waals surface area (Å²) in [6.45, 7) is 1.94. The van der Waals surface area contributed by atoms with Gasteiger partial charge in [-0.25, -0.2) is 0 Å². The number of aliphatic hydroxyl groups excluding tert-OH is 1. The van der Waals surface area contributed by atoms with Crippen LogP contribution in [0.4, 0.5) is 0 Å². The standard InChI is InChI=1S/C7H11BrN2O/c1-5-6(7(11)3-8)4-9-10(5)2/h4,7,11H,3H2,1-2H3. The Bertz CT molecular complexity index is 247. The zero-order valence-corrected chi connectivity index (χ0v) is 8.17. The van der Waals surface area contributed by atoms with Crippen LogP contribution in [-0.4, -0.2) is 20.2 Å². The van der Waals surface area contributed by atoms with Gasteiger partial charge in [0.2, 0.25) is 0 Å².